The van der Waals surface area contributed by atoms with Crippen LogP contribution in [0.25, 0.3) is 11.0 Å². The van der Waals surface area contributed by atoms with Crippen molar-refractivity contribution in [2.45, 2.75) is 10.2 Å². The van der Waals surface area contributed by atoms with E-state index >= 15 is 0 Å². The Kier molecular flexibility index (Phi) is 3.67. The number of carbonyl (C=O) groups excluding carboxylic acids is 1. The van der Waals surface area contributed by atoms with Gasteiger partial charge in [-0.1, -0.05) is 12.1 Å². The Labute approximate surface area is 115 Å². The summed E-state index contributed by atoms with van der Waals surface area (Å²) in [5, 5.41) is 5.96. The van der Waals surface area contributed by atoms with Crippen LogP contribution in [0.15, 0.2) is 38.4 Å². The van der Waals surface area contributed by atoms with Gasteiger partial charge in [-0.2, -0.15) is 8.78 Å². The molecule has 0 aliphatic rings. The van der Waals surface area contributed by atoms with Gasteiger partial charge in [0.05, 0.1) is 12.5 Å². The van der Waals surface area contributed by atoms with Crippen molar-refractivity contribution in [2.24, 2.45) is 0 Å². The predicted molar refractivity (Wildman–Crippen MR) is 67.0 cm³/mol. The topological polar surface area (TPSA) is 76.7 Å². The first-order chi connectivity index (χ1) is 9.36. The molecule has 0 saturated carbocycles. The van der Waals surface area contributed by atoms with Gasteiger partial charge in [-0.05, 0) is 23.9 Å². The van der Waals surface area contributed by atoms with Gasteiger partial charge in [-0.15, -0.1) is 0 Å². The van der Waals surface area contributed by atoms with Gasteiger partial charge in [0, 0.05) is 0 Å². The third kappa shape index (κ3) is 2.46. The molecule has 0 fully saturated rings. The molecular weight excluding hydrogens is 294 g/mol. The molecule has 1 aromatic carbocycles. The smallest absolute Gasteiger partial charge is 0.393 e. The van der Waals surface area contributed by atoms with E-state index in [2.05, 4.69) is 4.74 Å². The summed E-state index contributed by atoms with van der Waals surface area (Å²) >= 11 is -0.417. The van der Waals surface area contributed by atoms with E-state index in [1.165, 1.54) is 18.2 Å². The van der Waals surface area contributed by atoms with Crippen LogP contribution >= 0.6 is 11.8 Å². The van der Waals surface area contributed by atoms with Crippen LogP contribution in [-0.2, 0) is 9.53 Å². The summed E-state index contributed by atoms with van der Waals surface area (Å²) in [7, 11) is 0.791. The number of methoxy groups -OCH3 is 1. The van der Waals surface area contributed by atoms with E-state index in [1.807, 2.05) is 0 Å². The maximum absolute atomic E-state index is 13.5. The molecule has 0 radical (unpaired) electrons. The van der Waals surface area contributed by atoms with E-state index < -0.39 is 39.3 Å². The van der Waals surface area contributed by atoms with Crippen molar-refractivity contribution in [3.63, 3.8) is 0 Å². The van der Waals surface area contributed by atoms with Gasteiger partial charge >= 0.3 is 16.8 Å². The van der Waals surface area contributed by atoms with E-state index in [0.717, 1.165) is 7.11 Å². The van der Waals surface area contributed by atoms with Crippen LogP contribution in [0.5, 0.6) is 5.75 Å². The minimum atomic E-state index is -4.01. The van der Waals surface area contributed by atoms with Gasteiger partial charge in [0.1, 0.15) is 16.2 Å². The molecule has 0 aliphatic carbocycles. The Morgan fingerprint density at radius 1 is 1.40 bits per heavy atom. The third-order valence-electron chi connectivity index (χ3n) is 2.40. The molecule has 0 aliphatic heterocycles. The highest BCUT2D eigenvalue weighted by atomic mass is 32.2. The van der Waals surface area contributed by atoms with Crippen molar-refractivity contribution in [2.75, 3.05) is 7.11 Å². The lowest BCUT2D eigenvalue weighted by Gasteiger charge is -2.13. The van der Waals surface area contributed by atoms with Crippen LogP contribution in [0.4, 0.5) is 8.78 Å². The van der Waals surface area contributed by atoms with Gasteiger partial charge < -0.3 is 14.3 Å². The Balaban J connectivity index is 2.55. The lowest BCUT2D eigenvalue weighted by molar-refractivity contribution is -0.156. The zero-order chi connectivity index (χ0) is 14.9. The standard InChI is InChI=1S/C12H8F2O5S/c1-18-11(17)12(13,14)20-9-8(15)6-4-2-3-5-7(6)19-10(9)16/h2-5,15H,1H3. The minimum absolute atomic E-state index is 0.0562. The van der Waals surface area contributed by atoms with Gasteiger partial charge in [-0.25, -0.2) is 9.59 Å². The zero-order valence-corrected chi connectivity index (χ0v) is 10.9. The number of fused-ring (bicyclic) bond motifs is 1. The minimum Gasteiger partial charge on any atom is -0.506 e. The quantitative estimate of drug-likeness (QED) is 0.533. The van der Waals surface area contributed by atoms with Crippen molar-refractivity contribution in [1.82, 2.24) is 0 Å². The fraction of sp³-hybridized carbons (Fsp3) is 0.167. The van der Waals surface area contributed by atoms with Crippen LogP contribution in [0, 0.1) is 0 Å². The molecule has 1 heterocycles. The summed E-state index contributed by atoms with van der Waals surface area (Å²) in [5.74, 6) is -2.49. The van der Waals surface area contributed by atoms with Crippen LogP contribution in [0.2, 0.25) is 0 Å². The number of alkyl halides is 2. The molecule has 0 spiro atoms. The van der Waals surface area contributed by atoms with Crippen LogP contribution in [-0.4, -0.2) is 23.4 Å². The highest BCUT2D eigenvalue weighted by molar-refractivity contribution is 8.01. The SMILES string of the molecule is COC(=O)C(F)(F)Sc1c(O)c2ccccc2oc1=O. The molecule has 8 heteroatoms. The number of ether oxygens (including phenoxy) is 1. The molecule has 1 N–H and O–H groups in total. The fourth-order valence-corrected chi connectivity index (χ4v) is 2.25. The van der Waals surface area contributed by atoms with Crippen molar-refractivity contribution >= 4 is 28.7 Å². The Hall–Kier alpha value is -2.09. The zero-order valence-electron chi connectivity index (χ0n) is 10.1. The number of halogens is 2. The number of para-hydroxylation sites is 1. The number of hydrogen-bond donors (Lipinski definition) is 1. The first-order valence-electron chi connectivity index (χ1n) is 5.27. The largest absolute Gasteiger partial charge is 0.506 e. The van der Waals surface area contributed by atoms with Crippen LogP contribution < -0.4 is 5.63 Å². The number of rotatable bonds is 3. The highest BCUT2D eigenvalue weighted by Crippen LogP contribution is 2.41. The van der Waals surface area contributed by atoms with Crippen molar-refractivity contribution < 1.29 is 27.8 Å². The number of benzene rings is 1. The summed E-state index contributed by atoms with van der Waals surface area (Å²) in [5.41, 5.74) is -1.10. The summed E-state index contributed by atoms with van der Waals surface area (Å²) in [4.78, 5) is 21.8. The van der Waals surface area contributed by atoms with E-state index in [0.29, 0.717) is 0 Å². The van der Waals surface area contributed by atoms with Gasteiger partial charge in [0.25, 0.3) is 0 Å². The molecule has 0 amide bonds. The number of thioether (sulfide) groups is 1. The average molecular weight is 302 g/mol. The van der Waals surface area contributed by atoms with E-state index in [-0.39, 0.29) is 11.0 Å². The first kappa shape index (κ1) is 14.3. The average Bonchev–Trinajstić information content (AvgIpc) is 2.42. The number of hydrogen-bond acceptors (Lipinski definition) is 6. The highest BCUT2D eigenvalue weighted by Gasteiger charge is 2.43. The maximum Gasteiger partial charge on any atom is 0.393 e. The molecule has 2 rings (SSSR count). The van der Waals surface area contributed by atoms with Crippen LogP contribution in [0.1, 0.15) is 0 Å². The Bertz CT molecular complexity index is 725. The van der Waals surface area contributed by atoms with Gasteiger partial charge in [0.2, 0.25) is 0 Å². The monoisotopic (exact) mass is 302 g/mol. The second kappa shape index (κ2) is 5.12. The van der Waals surface area contributed by atoms with Crippen molar-refractivity contribution in [3.05, 3.63) is 34.7 Å². The second-order valence-electron chi connectivity index (χ2n) is 3.67. The molecule has 106 valence electrons. The Morgan fingerprint density at radius 3 is 2.70 bits per heavy atom. The number of esters is 1. The molecule has 0 unspecified atom stereocenters. The van der Waals surface area contributed by atoms with E-state index in [4.69, 9.17) is 4.42 Å². The maximum atomic E-state index is 13.5. The van der Waals surface area contributed by atoms with Gasteiger partial charge in [-0.3, -0.25) is 0 Å². The molecule has 5 nitrogen and oxygen atoms in total. The summed E-state index contributed by atoms with van der Waals surface area (Å²) in [6.07, 6.45) is 0. The molecule has 0 atom stereocenters. The predicted octanol–water partition coefficient (Wildman–Crippen LogP) is 2.36. The molecule has 2 aromatic rings. The molecular formula is C12H8F2O5S. The van der Waals surface area contributed by atoms with Gasteiger partial charge in [0.15, 0.2) is 0 Å². The van der Waals surface area contributed by atoms with Crippen molar-refractivity contribution in [1.29, 1.82) is 0 Å². The normalized spacial score (nSPS) is 11.6. The number of carbonyl (C=O) groups is 1. The van der Waals surface area contributed by atoms with Crippen molar-refractivity contribution in [3.8, 4) is 5.75 Å². The molecule has 20 heavy (non-hydrogen) atoms. The second-order valence-corrected chi connectivity index (χ2v) is 4.80. The lowest BCUT2D eigenvalue weighted by Crippen LogP contribution is -2.26. The van der Waals surface area contributed by atoms with E-state index in [1.54, 1.807) is 6.07 Å². The summed E-state index contributed by atoms with van der Waals surface area (Å²) < 4.78 is 35.7. The molecule has 0 saturated heterocycles. The third-order valence-corrected chi connectivity index (χ3v) is 3.39. The fourth-order valence-electron chi connectivity index (χ4n) is 1.50. The van der Waals surface area contributed by atoms with E-state index in [9.17, 15) is 23.5 Å². The molecule has 1 aromatic heterocycles. The Morgan fingerprint density at radius 2 is 2.05 bits per heavy atom. The number of aromatic hydroxyl groups is 1. The molecule has 0 bridgehead atoms. The first-order valence-corrected chi connectivity index (χ1v) is 6.08. The lowest BCUT2D eigenvalue weighted by atomic mass is 10.2. The summed E-state index contributed by atoms with van der Waals surface area (Å²) in [6.45, 7) is 0. The summed E-state index contributed by atoms with van der Waals surface area (Å²) in [6, 6.07) is 5.90. The van der Waals surface area contributed by atoms with Crippen LogP contribution in [0.3, 0.4) is 0 Å².